The smallest absolute Gasteiger partial charge is 0.256 e. The Balaban J connectivity index is 2.18. The zero-order chi connectivity index (χ0) is 15.0. The Hall–Kier alpha value is -2.43. The Morgan fingerprint density at radius 2 is 1.71 bits per heavy atom. The fourth-order valence-corrected chi connectivity index (χ4v) is 2.27. The molecule has 0 bridgehead atoms. The lowest BCUT2D eigenvalue weighted by atomic mass is 9.99. The van der Waals surface area contributed by atoms with E-state index < -0.39 is 17.6 Å². The Labute approximate surface area is 117 Å². The summed E-state index contributed by atoms with van der Waals surface area (Å²) in [7, 11) is 0. The maximum absolute atomic E-state index is 13.7. The third-order valence-electron chi connectivity index (χ3n) is 3.23. The van der Waals surface area contributed by atoms with Gasteiger partial charge in [-0.05, 0) is 35.4 Å². The van der Waals surface area contributed by atoms with Crippen LogP contribution in [-0.2, 0) is 6.18 Å². The quantitative estimate of drug-likeness (QED) is 0.571. The molecule has 0 atom stereocenters. The number of fused-ring (bicyclic) bond motifs is 1. The third-order valence-corrected chi connectivity index (χ3v) is 3.23. The summed E-state index contributed by atoms with van der Waals surface area (Å²) in [5.74, 6) is -1.28. The van der Waals surface area contributed by atoms with Crippen LogP contribution < -0.4 is 0 Å². The van der Waals surface area contributed by atoms with Crippen molar-refractivity contribution in [2.24, 2.45) is 0 Å². The summed E-state index contributed by atoms with van der Waals surface area (Å²) >= 11 is 0. The van der Waals surface area contributed by atoms with E-state index in [1.54, 1.807) is 36.5 Å². The Bertz CT molecular complexity index is 803. The van der Waals surface area contributed by atoms with Crippen molar-refractivity contribution in [3.8, 4) is 11.1 Å². The van der Waals surface area contributed by atoms with Gasteiger partial charge in [0.15, 0.2) is 0 Å². The number of halogens is 4. The van der Waals surface area contributed by atoms with Gasteiger partial charge in [0.05, 0.1) is 11.1 Å². The average molecular weight is 291 g/mol. The minimum Gasteiger partial charge on any atom is -0.256 e. The molecule has 0 aliphatic rings. The molecule has 0 aliphatic carbocycles. The summed E-state index contributed by atoms with van der Waals surface area (Å²) in [4.78, 5) is 4.17. The minimum absolute atomic E-state index is 0.388. The Kier molecular flexibility index (Phi) is 3.12. The highest BCUT2D eigenvalue weighted by Crippen LogP contribution is 2.34. The number of benzene rings is 2. The van der Waals surface area contributed by atoms with Crippen LogP contribution in [0.3, 0.4) is 0 Å². The maximum atomic E-state index is 13.7. The zero-order valence-corrected chi connectivity index (χ0v) is 10.7. The number of hydrogen-bond donors (Lipinski definition) is 0. The fourth-order valence-electron chi connectivity index (χ4n) is 2.27. The average Bonchev–Trinajstić information content (AvgIpc) is 2.45. The molecule has 106 valence electrons. The molecule has 0 amide bonds. The SMILES string of the molecule is Fc1cc(-c2cccc3ncccc23)ccc1C(F)(F)F. The molecule has 3 aromatic rings. The highest BCUT2D eigenvalue weighted by Gasteiger charge is 2.33. The van der Waals surface area contributed by atoms with Gasteiger partial charge in [-0.15, -0.1) is 0 Å². The highest BCUT2D eigenvalue weighted by molar-refractivity contribution is 5.94. The lowest BCUT2D eigenvalue weighted by Gasteiger charge is -2.11. The molecule has 0 radical (unpaired) electrons. The number of pyridine rings is 1. The van der Waals surface area contributed by atoms with Crippen molar-refractivity contribution in [2.45, 2.75) is 6.18 Å². The Morgan fingerprint density at radius 1 is 0.905 bits per heavy atom. The number of hydrogen-bond acceptors (Lipinski definition) is 1. The van der Waals surface area contributed by atoms with Crippen LogP contribution in [-0.4, -0.2) is 4.98 Å². The first kappa shape index (κ1) is 13.5. The molecular weight excluding hydrogens is 282 g/mol. The summed E-state index contributed by atoms with van der Waals surface area (Å²) < 4.78 is 51.5. The second-order valence-corrected chi connectivity index (χ2v) is 4.57. The Morgan fingerprint density at radius 3 is 2.43 bits per heavy atom. The first-order valence-electron chi connectivity index (χ1n) is 6.18. The highest BCUT2D eigenvalue weighted by atomic mass is 19.4. The molecule has 0 aliphatic heterocycles. The fraction of sp³-hybridized carbons (Fsp3) is 0.0625. The van der Waals surface area contributed by atoms with Gasteiger partial charge in [-0.1, -0.05) is 24.3 Å². The van der Waals surface area contributed by atoms with Crippen LogP contribution in [0.1, 0.15) is 5.56 Å². The van der Waals surface area contributed by atoms with Crippen molar-refractivity contribution >= 4 is 10.9 Å². The maximum Gasteiger partial charge on any atom is 0.419 e. The van der Waals surface area contributed by atoms with E-state index in [0.29, 0.717) is 16.6 Å². The normalized spacial score (nSPS) is 11.8. The topological polar surface area (TPSA) is 12.9 Å². The van der Waals surface area contributed by atoms with Crippen LogP contribution in [0.4, 0.5) is 17.6 Å². The molecular formula is C16H9F4N. The molecule has 0 spiro atoms. The number of alkyl halides is 3. The van der Waals surface area contributed by atoms with Crippen molar-refractivity contribution < 1.29 is 17.6 Å². The van der Waals surface area contributed by atoms with Crippen molar-refractivity contribution in [3.63, 3.8) is 0 Å². The van der Waals surface area contributed by atoms with Crippen molar-refractivity contribution in [2.75, 3.05) is 0 Å². The van der Waals surface area contributed by atoms with Gasteiger partial charge in [0.2, 0.25) is 0 Å². The van der Waals surface area contributed by atoms with Gasteiger partial charge in [0, 0.05) is 11.6 Å². The second-order valence-electron chi connectivity index (χ2n) is 4.57. The van der Waals surface area contributed by atoms with Gasteiger partial charge in [0.1, 0.15) is 5.82 Å². The standard InChI is InChI=1S/C16H9F4N/c17-14-9-10(6-7-13(14)16(18,19)20)11-3-1-5-15-12(11)4-2-8-21-15/h1-9H. The van der Waals surface area contributed by atoms with Crippen molar-refractivity contribution in [1.29, 1.82) is 0 Å². The van der Waals surface area contributed by atoms with Crippen LogP contribution in [0.2, 0.25) is 0 Å². The predicted octanol–water partition coefficient (Wildman–Crippen LogP) is 5.06. The van der Waals surface area contributed by atoms with Gasteiger partial charge in [-0.3, -0.25) is 4.98 Å². The molecule has 0 saturated heterocycles. The van der Waals surface area contributed by atoms with Crippen LogP contribution in [0.5, 0.6) is 0 Å². The molecule has 0 saturated carbocycles. The third kappa shape index (κ3) is 2.46. The van der Waals surface area contributed by atoms with Crippen LogP contribution in [0, 0.1) is 5.82 Å². The largest absolute Gasteiger partial charge is 0.419 e. The van der Waals surface area contributed by atoms with E-state index in [1.165, 1.54) is 6.07 Å². The molecule has 3 rings (SSSR count). The molecule has 5 heteroatoms. The van der Waals surface area contributed by atoms with Gasteiger partial charge in [-0.25, -0.2) is 4.39 Å². The van der Waals surface area contributed by atoms with E-state index in [2.05, 4.69) is 4.98 Å². The second kappa shape index (κ2) is 4.84. The molecule has 1 aromatic heterocycles. The van der Waals surface area contributed by atoms with E-state index in [0.717, 1.165) is 17.5 Å². The molecule has 0 N–H and O–H groups in total. The molecule has 1 heterocycles. The molecule has 2 aromatic carbocycles. The summed E-state index contributed by atoms with van der Waals surface area (Å²) in [5, 5.41) is 0.763. The van der Waals surface area contributed by atoms with Crippen molar-refractivity contribution in [3.05, 3.63) is 66.1 Å². The lowest BCUT2D eigenvalue weighted by molar-refractivity contribution is -0.139. The summed E-state index contributed by atoms with van der Waals surface area (Å²) in [6.45, 7) is 0. The van der Waals surface area contributed by atoms with Crippen LogP contribution >= 0.6 is 0 Å². The summed E-state index contributed by atoms with van der Waals surface area (Å²) in [5.41, 5.74) is 0.479. The molecule has 0 fully saturated rings. The summed E-state index contributed by atoms with van der Waals surface area (Å²) in [6.07, 6.45) is -3.07. The van der Waals surface area contributed by atoms with E-state index in [1.807, 2.05) is 0 Å². The molecule has 1 nitrogen and oxygen atoms in total. The number of nitrogens with zero attached hydrogens (tertiary/aromatic N) is 1. The number of aromatic nitrogens is 1. The molecule has 21 heavy (non-hydrogen) atoms. The van der Waals surface area contributed by atoms with Gasteiger partial charge in [0.25, 0.3) is 0 Å². The monoisotopic (exact) mass is 291 g/mol. The van der Waals surface area contributed by atoms with E-state index in [-0.39, 0.29) is 0 Å². The number of rotatable bonds is 1. The summed E-state index contributed by atoms with van der Waals surface area (Å²) in [6, 6.07) is 11.7. The zero-order valence-electron chi connectivity index (χ0n) is 10.7. The van der Waals surface area contributed by atoms with Crippen LogP contribution in [0.25, 0.3) is 22.0 Å². The van der Waals surface area contributed by atoms with E-state index in [9.17, 15) is 17.6 Å². The van der Waals surface area contributed by atoms with E-state index >= 15 is 0 Å². The minimum atomic E-state index is -4.69. The van der Waals surface area contributed by atoms with Gasteiger partial charge in [-0.2, -0.15) is 13.2 Å². The first-order valence-corrected chi connectivity index (χ1v) is 6.18. The van der Waals surface area contributed by atoms with Crippen LogP contribution in [0.15, 0.2) is 54.7 Å². The molecule has 0 unspecified atom stereocenters. The predicted molar refractivity (Wildman–Crippen MR) is 72.1 cm³/mol. The lowest BCUT2D eigenvalue weighted by Crippen LogP contribution is -2.07. The van der Waals surface area contributed by atoms with Gasteiger partial charge >= 0.3 is 6.18 Å². The van der Waals surface area contributed by atoms with E-state index in [4.69, 9.17) is 0 Å². The van der Waals surface area contributed by atoms with Crippen molar-refractivity contribution in [1.82, 2.24) is 4.98 Å². The van der Waals surface area contributed by atoms with Gasteiger partial charge < -0.3 is 0 Å². The first-order chi connectivity index (χ1) is 9.97.